The first-order valence-electron chi connectivity index (χ1n) is 10.8. The van der Waals surface area contributed by atoms with Crippen molar-refractivity contribution in [1.29, 1.82) is 0 Å². The van der Waals surface area contributed by atoms with Gasteiger partial charge in [-0.2, -0.15) is 0 Å². The number of nitrogens with zero attached hydrogens (tertiary/aromatic N) is 1. The van der Waals surface area contributed by atoms with Crippen molar-refractivity contribution in [2.24, 2.45) is 0 Å². The lowest BCUT2D eigenvalue weighted by Gasteiger charge is -2.28. The molecule has 2 aromatic rings. The molecule has 2 saturated heterocycles. The summed E-state index contributed by atoms with van der Waals surface area (Å²) in [5, 5.41) is 3.63. The van der Waals surface area contributed by atoms with E-state index in [1.54, 1.807) is 11.4 Å². The Hall–Kier alpha value is -0.640. The van der Waals surface area contributed by atoms with Crippen LogP contribution in [-0.2, 0) is 0 Å². The molecule has 0 amide bonds. The maximum absolute atomic E-state index is 2.60. The quantitative estimate of drug-likeness (QED) is 0.523. The van der Waals surface area contributed by atoms with Crippen molar-refractivity contribution in [1.82, 2.24) is 4.57 Å². The molecule has 1 nitrogen and oxygen atoms in total. The Balaban J connectivity index is 1.96. The maximum Gasteiger partial charge on any atom is 0.0455 e. The fourth-order valence-corrected chi connectivity index (χ4v) is 13.3. The summed E-state index contributed by atoms with van der Waals surface area (Å²) < 4.78 is 2.60. The molecule has 2 fully saturated rings. The zero-order valence-electron chi connectivity index (χ0n) is 17.9. The molecule has 3 heteroatoms. The average molecular weight is 399 g/mol. The summed E-state index contributed by atoms with van der Waals surface area (Å²) >= 11 is 0. The third-order valence-electron chi connectivity index (χ3n) is 7.02. The monoisotopic (exact) mass is 399 g/mol. The summed E-state index contributed by atoms with van der Waals surface area (Å²) in [5.74, 6) is 0. The number of hydrogen-bond acceptors (Lipinski definition) is 0. The molecule has 0 bridgehead atoms. The molecule has 1 aromatic heterocycles. The van der Waals surface area contributed by atoms with Gasteiger partial charge in [-0.25, -0.2) is 0 Å². The van der Waals surface area contributed by atoms with Gasteiger partial charge < -0.3 is 4.57 Å². The zero-order valence-corrected chi connectivity index (χ0v) is 19.7. The van der Waals surface area contributed by atoms with Gasteiger partial charge in [0.25, 0.3) is 0 Å². The highest BCUT2D eigenvalue weighted by atomic mass is 31.1. The van der Waals surface area contributed by atoms with Crippen LogP contribution in [0.4, 0.5) is 0 Å². The minimum Gasteiger partial charge on any atom is -0.317 e. The van der Waals surface area contributed by atoms with Gasteiger partial charge in [-0.05, 0) is 74.3 Å². The molecule has 2 aliphatic heterocycles. The molecule has 27 heavy (non-hydrogen) atoms. The number of aromatic nitrogens is 1. The zero-order chi connectivity index (χ0) is 19.3. The van der Waals surface area contributed by atoms with Crippen LogP contribution >= 0.6 is 15.8 Å². The first-order chi connectivity index (χ1) is 12.9. The Morgan fingerprint density at radius 3 is 1.41 bits per heavy atom. The predicted octanol–water partition coefficient (Wildman–Crippen LogP) is 6.45. The van der Waals surface area contributed by atoms with Crippen LogP contribution in [0.25, 0.3) is 5.69 Å². The molecule has 0 spiro atoms. The summed E-state index contributed by atoms with van der Waals surface area (Å²) in [5.41, 5.74) is 7.96. The molecule has 2 aliphatic rings. The number of rotatable bonds is 3. The third-order valence-corrected chi connectivity index (χ3v) is 14.2. The molecular formula is C24H35NP2. The highest BCUT2D eigenvalue weighted by Gasteiger charge is 2.41. The summed E-state index contributed by atoms with van der Waals surface area (Å²) in [7, 11) is -0.0977. The van der Waals surface area contributed by atoms with Crippen molar-refractivity contribution in [3.63, 3.8) is 0 Å². The Bertz CT molecular complexity index is 742. The average Bonchev–Trinajstić information content (AvgIpc) is 3.23. The van der Waals surface area contributed by atoms with Gasteiger partial charge in [0.15, 0.2) is 0 Å². The summed E-state index contributed by atoms with van der Waals surface area (Å²) in [6.07, 6.45) is 5.68. The van der Waals surface area contributed by atoms with E-state index in [0.29, 0.717) is 0 Å². The van der Waals surface area contributed by atoms with Crippen LogP contribution in [-0.4, -0.2) is 27.2 Å². The van der Waals surface area contributed by atoms with E-state index >= 15 is 0 Å². The van der Waals surface area contributed by atoms with Crippen molar-refractivity contribution >= 4 is 26.5 Å². The third kappa shape index (κ3) is 3.24. The van der Waals surface area contributed by atoms with E-state index in [4.69, 9.17) is 0 Å². The molecule has 146 valence electrons. The summed E-state index contributed by atoms with van der Waals surface area (Å²) in [6.45, 7) is 15.0. The van der Waals surface area contributed by atoms with Crippen molar-refractivity contribution in [3.8, 4) is 5.69 Å². The molecule has 2 unspecified atom stereocenters. The van der Waals surface area contributed by atoms with Crippen molar-refractivity contribution in [2.45, 2.75) is 89.9 Å². The van der Waals surface area contributed by atoms with Crippen LogP contribution in [0, 0.1) is 13.8 Å². The van der Waals surface area contributed by atoms with Crippen molar-refractivity contribution < 1.29 is 0 Å². The number of benzene rings is 1. The smallest absolute Gasteiger partial charge is 0.0455 e. The summed E-state index contributed by atoms with van der Waals surface area (Å²) in [4.78, 5) is 0. The summed E-state index contributed by atoms with van der Waals surface area (Å²) in [6, 6.07) is 11.1. The standard InChI is InChI=1S/C24H35NP2/c1-16-12-13-17(2)26(16)23-20(5)25(22-10-8-7-9-11-22)21(6)24(23)27-18(3)14-15-19(27)4/h7-11,16-19H,12-15H2,1-6H3/t16-,17-,18?,19?,27?/m1/s1. The first kappa shape index (κ1) is 19.7. The molecule has 0 N–H and O–H groups in total. The van der Waals surface area contributed by atoms with Crippen LogP contribution in [0.3, 0.4) is 0 Å². The molecule has 4 rings (SSSR count). The van der Waals surface area contributed by atoms with Gasteiger partial charge in [-0.1, -0.05) is 61.7 Å². The molecule has 0 aliphatic carbocycles. The van der Waals surface area contributed by atoms with Gasteiger partial charge in [-0.3, -0.25) is 0 Å². The maximum atomic E-state index is 2.60. The van der Waals surface area contributed by atoms with Crippen LogP contribution in [0.15, 0.2) is 30.3 Å². The van der Waals surface area contributed by atoms with E-state index in [-0.39, 0.29) is 15.8 Å². The second kappa shape index (κ2) is 7.65. The van der Waals surface area contributed by atoms with Crippen molar-refractivity contribution in [2.75, 3.05) is 0 Å². The van der Waals surface area contributed by atoms with Gasteiger partial charge >= 0.3 is 0 Å². The predicted molar refractivity (Wildman–Crippen MR) is 125 cm³/mol. The van der Waals surface area contributed by atoms with E-state index < -0.39 is 0 Å². The Morgan fingerprint density at radius 1 is 0.667 bits per heavy atom. The van der Waals surface area contributed by atoms with Gasteiger partial charge in [0.05, 0.1) is 0 Å². The van der Waals surface area contributed by atoms with Gasteiger partial charge in [-0.15, -0.1) is 0 Å². The highest BCUT2D eigenvalue weighted by Crippen LogP contribution is 2.60. The van der Waals surface area contributed by atoms with Crippen LogP contribution in [0.2, 0.25) is 0 Å². The second-order valence-electron chi connectivity index (χ2n) is 8.90. The lowest BCUT2D eigenvalue weighted by molar-refractivity contribution is 0.777. The van der Waals surface area contributed by atoms with Crippen LogP contribution in [0.5, 0.6) is 0 Å². The molecule has 1 aromatic carbocycles. The fraction of sp³-hybridized carbons (Fsp3) is 0.583. The molecule has 4 atom stereocenters. The van der Waals surface area contributed by atoms with Crippen molar-refractivity contribution in [3.05, 3.63) is 41.7 Å². The molecular weight excluding hydrogens is 364 g/mol. The fourth-order valence-electron chi connectivity index (χ4n) is 5.66. The molecule has 0 saturated carbocycles. The van der Waals surface area contributed by atoms with Crippen LogP contribution < -0.4 is 10.6 Å². The minimum absolute atomic E-state index is 0.0489. The van der Waals surface area contributed by atoms with Gasteiger partial charge in [0.1, 0.15) is 0 Å². The lowest BCUT2D eigenvalue weighted by atomic mass is 10.2. The Labute approximate surface area is 168 Å². The van der Waals surface area contributed by atoms with Crippen LogP contribution in [0.1, 0.15) is 64.8 Å². The van der Waals surface area contributed by atoms with Gasteiger partial charge in [0, 0.05) is 27.7 Å². The highest BCUT2D eigenvalue weighted by molar-refractivity contribution is 7.73. The first-order valence-corrected chi connectivity index (χ1v) is 13.7. The lowest BCUT2D eigenvalue weighted by Crippen LogP contribution is -2.28. The molecule has 0 radical (unpaired) electrons. The normalized spacial score (nSPS) is 31.7. The Morgan fingerprint density at radius 2 is 1.04 bits per heavy atom. The van der Waals surface area contributed by atoms with E-state index in [1.807, 2.05) is 10.6 Å². The Kier molecular flexibility index (Phi) is 5.57. The van der Waals surface area contributed by atoms with E-state index in [0.717, 1.165) is 22.6 Å². The van der Waals surface area contributed by atoms with E-state index in [1.165, 1.54) is 31.4 Å². The SMILES string of the molecule is Cc1c(P2C(C)CCC2C)c(P2[C@H](C)CC[C@H]2C)c(C)n1-c1ccccc1. The molecule has 3 heterocycles. The minimum atomic E-state index is -0.0489. The number of para-hydroxylation sites is 1. The number of hydrogen-bond donors (Lipinski definition) is 0. The second-order valence-corrected chi connectivity index (χ2v) is 15.0. The van der Waals surface area contributed by atoms with E-state index in [2.05, 4.69) is 76.4 Å². The topological polar surface area (TPSA) is 4.93 Å². The largest absolute Gasteiger partial charge is 0.317 e. The van der Waals surface area contributed by atoms with Gasteiger partial charge in [0.2, 0.25) is 0 Å². The van der Waals surface area contributed by atoms with E-state index in [9.17, 15) is 0 Å².